The van der Waals surface area contributed by atoms with E-state index in [1.807, 2.05) is 19.9 Å². The molecule has 0 saturated heterocycles. The van der Waals surface area contributed by atoms with Gasteiger partial charge >= 0.3 is 5.97 Å². The van der Waals surface area contributed by atoms with Gasteiger partial charge in [0.15, 0.2) is 0 Å². The number of alkyl halides is 1. The fourth-order valence-electron chi connectivity index (χ4n) is 0.709. The van der Waals surface area contributed by atoms with Crippen LogP contribution in [0.15, 0.2) is 0 Å². The fourth-order valence-corrected chi connectivity index (χ4v) is 0.870. The van der Waals surface area contributed by atoms with Crippen molar-refractivity contribution >= 4 is 21.9 Å². The SMILES string of the molecule is COC(=O)CC(C)(C)C(Br)C#N. The van der Waals surface area contributed by atoms with Crippen molar-refractivity contribution < 1.29 is 9.53 Å². The Balaban J connectivity index is 4.23. The van der Waals surface area contributed by atoms with Crippen molar-refractivity contribution in [1.29, 1.82) is 5.26 Å². The standard InChI is InChI=1S/C8H12BrNO2/c1-8(2,6(9)5-10)4-7(11)12-3/h6H,4H2,1-3H3. The van der Waals surface area contributed by atoms with E-state index in [0.717, 1.165) is 0 Å². The Kier molecular flexibility index (Phi) is 4.25. The summed E-state index contributed by atoms with van der Waals surface area (Å²) in [5.74, 6) is -0.292. The van der Waals surface area contributed by atoms with Gasteiger partial charge in [0.05, 0.1) is 19.6 Å². The van der Waals surface area contributed by atoms with E-state index in [1.165, 1.54) is 7.11 Å². The molecule has 0 aliphatic rings. The molecule has 3 nitrogen and oxygen atoms in total. The number of esters is 1. The van der Waals surface area contributed by atoms with Gasteiger partial charge in [0, 0.05) is 5.41 Å². The van der Waals surface area contributed by atoms with Crippen LogP contribution in [0.5, 0.6) is 0 Å². The summed E-state index contributed by atoms with van der Waals surface area (Å²) in [4.78, 5) is 10.6. The van der Waals surface area contributed by atoms with Gasteiger partial charge < -0.3 is 4.74 Å². The van der Waals surface area contributed by atoms with E-state index >= 15 is 0 Å². The Morgan fingerprint density at radius 2 is 2.25 bits per heavy atom. The van der Waals surface area contributed by atoms with Crippen LogP contribution in [0.2, 0.25) is 0 Å². The maximum absolute atomic E-state index is 10.9. The number of hydrogen-bond donors (Lipinski definition) is 0. The molecule has 0 aromatic heterocycles. The molecule has 0 aromatic rings. The third-order valence-electron chi connectivity index (χ3n) is 1.63. The molecule has 0 aromatic carbocycles. The lowest BCUT2D eigenvalue weighted by Crippen LogP contribution is -2.26. The number of carbonyl (C=O) groups is 1. The largest absolute Gasteiger partial charge is 0.469 e. The molecule has 0 amide bonds. The van der Waals surface area contributed by atoms with Crippen LogP contribution in [0.3, 0.4) is 0 Å². The van der Waals surface area contributed by atoms with Gasteiger partial charge in [-0.2, -0.15) is 5.26 Å². The molecule has 0 heterocycles. The molecule has 0 N–H and O–H groups in total. The summed E-state index contributed by atoms with van der Waals surface area (Å²) in [6, 6.07) is 2.04. The molecule has 4 heteroatoms. The van der Waals surface area contributed by atoms with Crippen molar-refractivity contribution in [1.82, 2.24) is 0 Å². The van der Waals surface area contributed by atoms with Crippen molar-refractivity contribution in [2.45, 2.75) is 25.1 Å². The van der Waals surface area contributed by atoms with Crippen molar-refractivity contribution in [2.75, 3.05) is 7.11 Å². The number of hydrogen-bond acceptors (Lipinski definition) is 3. The molecule has 12 heavy (non-hydrogen) atoms. The van der Waals surface area contributed by atoms with E-state index in [1.54, 1.807) is 0 Å². The topological polar surface area (TPSA) is 50.1 Å². The van der Waals surface area contributed by atoms with Gasteiger partial charge in [-0.1, -0.05) is 29.8 Å². The third kappa shape index (κ3) is 3.22. The van der Waals surface area contributed by atoms with Crippen LogP contribution in [-0.2, 0) is 9.53 Å². The Labute approximate surface area is 80.8 Å². The fraction of sp³-hybridized carbons (Fsp3) is 0.750. The predicted molar refractivity (Wildman–Crippen MR) is 48.7 cm³/mol. The van der Waals surface area contributed by atoms with Crippen LogP contribution in [0.4, 0.5) is 0 Å². The summed E-state index contributed by atoms with van der Waals surface area (Å²) in [6.07, 6.45) is 0.243. The lowest BCUT2D eigenvalue weighted by Gasteiger charge is -2.23. The highest BCUT2D eigenvalue weighted by molar-refractivity contribution is 9.09. The number of methoxy groups -OCH3 is 1. The Morgan fingerprint density at radius 3 is 2.58 bits per heavy atom. The van der Waals surface area contributed by atoms with Gasteiger partial charge in [0.2, 0.25) is 0 Å². The maximum Gasteiger partial charge on any atom is 0.306 e. The zero-order valence-electron chi connectivity index (χ0n) is 7.43. The first-order valence-corrected chi connectivity index (χ1v) is 4.46. The van der Waals surface area contributed by atoms with Crippen molar-refractivity contribution in [3.05, 3.63) is 0 Å². The van der Waals surface area contributed by atoms with E-state index < -0.39 is 0 Å². The van der Waals surface area contributed by atoms with Crippen LogP contribution in [0.25, 0.3) is 0 Å². The van der Waals surface area contributed by atoms with Gasteiger partial charge in [-0.05, 0) is 0 Å². The van der Waals surface area contributed by atoms with Gasteiger partial charge in [-0.3, -0.25) is 4.79 Å². The van der Waals surface area contributed by atoms with Crippen LogP contribution in [-0.4, -0.2) is 17.9 Å². The number of ether oxygens (including phenoxy) is 1. The lowest BCUT2D eigenvalue weighted by molar-refractivity contribution is -0.142. The second-order valence-corrected chi connectivity index (χ2v) is 4.15. The maximum atomic E-state index is 10.9. The Hall–Kier alpha value is -0.560. The summed E-state index contributed by atoms with van der Waals surface area (Å²) >= 11 is 3.19. The Bertz CT molecular complexity index is 208. The van der Waals surface area contributed by atoms with Crippen molar-refractivity contribution in [3.63, 3.8) is 0 Å². The van der Waals surface area contributed by atoms with Gasteiger partial charge in [-0.25, -0.2) is 0 Å². The van der Waals surface area contributed by atoms with Gasteiger partial charge in [-0.15, -0.1) is 0 Å². The molecular formula is C8H12BrNO2. The molecule has 0 bridgehead atoms. The minimum Gasteiger partial charge on any atom is -0.469 e. The summed E-state index contributed by atoms with van der Waals surface area (Å²) in [6.45, 7) is 3.68. The summed E-state index contributed by atoms with van der Waals surface area (Å²) in [5, 5.41) is 8.61. The zero-order chi connectivity index (χ0) is 9.78. The van der Waals surface area contributed by atoms with Crippen LogP contribution in [0.1, 0.15) is 20.3 Å². The molecule has 1 atom stereocenters. The zero-order valence-corrected chi connectivity index (χ0v) is 9.01. The Morgan fingerprint density at radius 1 is 1.75 bits per heavy atom. The number of nitriles is 1. The summed E-state index contributed by atoms with van der Waals surface area (Å²) in [5.41, 5.74) is -0.387. The quantitative estimate of drug-likeness (QED) is 0.553. The summed E-state index contributed by atoms with van der Waals surface area (Å²) < 4.78 is 4.51. The first kappa shape index (κ1) is 11.4. The van der Waals surface area contributed by atoms with Crippen LogP contribution < -0.4 is 0 Å². The highest BCUT2D eigenvalue weighted by Crippen LogP contribution is 2.30. The highest BCUT2D eigenvalue weighted by atomic mass is 79.9. The second-order valence-electron chi connectivity index (χ2n) is 3.23. The van der Waals surface area contributed by atoms with Crippen LogP contribution >= 0.6 is 15.9 Å². The molecular weight excluding hydrogens is 222 g/mol. The van der Waals surface area contributed by atoms with E-state index in [4.69, 9.17) is 5.26 Å². The van der Waals surface area contributed by atoms with E-state index in [9.17, 15) is 4.79 Å². The molecule has 0 spiro atoms. The average molecular weight is 234 g/mol. The van der Waals surface area contributed by atoms with Gasteiger partial charge in [0.1, 0.15) is 4.83 Å². The first-order valence-electron chi connectivity index (χ1n) is 3.54. The van der Waals surface area contributed by atoms with E-state index in [-0.39, 0.29) is 22.6 Å². The number of nitrogens with zero attached hydrogens (tertiary/aromatic N) is 1. The first-order chi connectivity index (χ1) is 5.44. The molecule has 0 saturated carbocycles. The second kappa shape index (κ2) is 4.46. The van der Waals surface area contributed by atoms with Gasteiger partial charge in [0.25, 0.3) is 0 Å². The smallest absolute Gasteiger partial charge is 0.306 e. The number of halogens is 1. The molecule has 68 valence electrons. The predicted octanol–water partition coefficient (Wildman–Crippen LogP) is 1.86. The van der Waals surface area contributed by atoms with Crippen molar-refractivity contribution in [2.24, 2.45) is 5.41 Å². The number of rotatable bonds is 3. The van der Waals surface area contributed by atoms with Crippen LogP contribution in [0, 0.1) is 16.7 Å². The lowest BCUT2D eigenvalue weighted by atomic mass is 9.86. The molecule has 1 unspecified atom stereocenters. The average Bonchev–Trinajstić information content (AvgIpc) is 2.02. The third-order valence-corrected chi connectivity index (χ3v) is 3.07. The minimum absolute atomic E-state index is 0.243. The molecule has 0 radical (unpaired) electrons. The molecule has 0 fully saturated rings. The van der Waals surface area contributed by atoms with Crippen molar-refractivity contribution in [3.8, 4) is 6.07 Å². The molecule has 0 aliphatic heterocycles. The highest BCUT2D eigenvalue weighted by Gasteiger charge is 2.30. The summed E-state index contributed by atoms with van der Waals surface area (Å²) in [7, 11) is 1.34. The van der Waals surface area contributed by atoms with E-state index in [0.29, 0.717) is 0 Å². The monoisotopic (exact) mass is 233 g/mol. The molecule has 0 aliphatic carbocycles. The normalized spacial score (nSPS) is 13.2. The minimum atomic E-state index is -0.387. The molecule has 0 rings (SSSR count). The number of carbonyl (C=O) groups excluding carboxylic acids is 1. The van der Waals surface area contributed by atoms with E-state index in [2.05, 4.69) is 20.7 Å².